The number of carbonyl (C=O) groups is 2. The summed E-state index contributed by atoms with van der Waals surface area (Å²) < 4.78 is 0. The van der Waals surface area contributed by atoms with Gasteiger partial charge in [-0.3, -0.25) is 0 Å². The van der Waals surface area contributed by atoms with E-state index in [2.05, 4.69) is 31.1 Å². The molecule has 172 valence electrons. The van der Waals surface area contributed by atoms with Gasteiger partial charge in [0.25, 0.3) is 0 Å². The van der Waals surface area contributed by atoms with Crippen LogP contribution in [0.15, 0.2) is 44.0 Å². The van der Waals surface area contributed by atoms with Crippen LogP contribution in [-0.4, -0.2) is 49.2 Å². The average Bonchev–Trinajstić information content (AvgIpc) is 3.21. The first-order chi connectivity index (χ1) is 13.9. The van der Waals surface area contributed by atoms with E-state index in [9.17, 15) is 19.8 Å². The van der Waals surface area contributed by atoms with Crippen LogP contribution in [0.4, 0.5) is 0 Å². The topological polar surface area (TPSA) is 158 Å². The molecule has 0 amide bonds. The molecule has 0 N–H and O–H groups in total. The van der Waals surface area contributed by atoms with Crippen LogP contribution in [0.5, 0.6) is 0 Å². The molecule has 2 atom stereocenters. The van der Waals surface area contributed by atoms with Crippen molar-refractivity contribution in [3.05, 3.63) is 34.2 Å². The third kappa shape index (κ3) is 14.8. The molecule has 0 aromatic rings. The van der Waals surface area contributed by atoms with E-state index < -0.39 is 23.0 Å². The number of rotatable bonds is 6. The SMILES string of the molecule is CC1=CC(C)(C(=O)[O-])N=N1.CC1=CC(C)(C(=O)[O-])N=N1.CC[N-]CC.CC[N-]CC.[Ti+4]. The molecule has 2 aliphatic rings. The van der Waals surface area contributed by atoms with E-state index in [-0.39, 0.29) is 21.7 Å². The number of carboxylic acids is 2. The second-order valence-corrected chi connectivity index (χ2v) is 6.55. The molecule has 2 aliphatic heterocycles. The van der Waals surface area contributed by atoms with Crippen molar-refractivity contribution in [1.29, 1.82) is 0 Å². The Balaban J connectivity index is -0.000000353. The van der Waals surface area contributed by atoms with Crippen LogP contribution in [-0.2, 0) is 31.3 Å². The molecule has 0 saturated heterocycles. The van der Waals surface area contributed by atoms with Crippen LogP contribution < -0.4 is 10.2 Å². The van der Waals surface area contributed by atoms with Crippen LogP contribution in [0.3, 0.4) is 0 Å². The summed E-state index contributed by atoms with van der Waals surface area (Å²) in [5, 5.41) is 42.9. The maximum Gasteiger partial charge on any atom is 4.00 e. The first-order valence-electron chi connectivity index (χ1n) is 9.86. The molecule has 2 heterocycles. The summed E-state index contributed by atoms with van der Waals surface area (Å²) in [6, 6.07) is 0. The molecule has 10 nitrogen and oxygen atoms in total. The van der Waals surface area contributed by atoms with Crippen LogP contribution in [0.1, 0.15) is 55.4 Å². The molecule has 0 fully saturated rings. The second-order valence-electron chi connectivity index (χ2n) is 6.55. The first kappa shape index (κ1) is 33.9. The van der Waals surface area contributed by atoms with Crippen molar-refractivity contribution in [3.63, 3.8) is 0 Å². The number of aliphatic carboxylic acids is 2. The molecule has 0 aromatic heterocycles. The first-order valence-corrected chi connectivity index (χ1v) is 9.86. The molecular weight excluding hydrogens is 436 g/mol. The number of hydrogen-bond donors (Lipinski definition) is 0. The summed E-state index contributed by atoms with van der Waals surface area (Å²) in [6.07, 6.45) is 2.92. The molecule has 0 saturated carbocycles. The smallest absolute Gasteiger partial charge is 0.663 e. The van der Waals surface area contributed by atoms with Gasteiger partial charge in [0, 0.05) is 0 Å². The minimum Gasteiger partial charge on any atom is -0.663 e. The number of azo groups is 2. The molecule has 0 radical (unpaired) electrons. The summed E-state index contributed by atoms with van der Waals surface area (Å²) in [5.41, 5.74) is -1.23. The summed E-state index contributed by atoms with van der Waals surface area (Å²) in [5.74, 6) is -2.43. The summed E-state index contributed by atoms with van der Waals surface area (Å²) >= 11 is 0. The third-order valence-electron chi connectivity index (χ3n) is 3.53. The van der Waals surface area contributed by atoms with Crippen LogP contribution >= 0.6 is 0 Å². The summed E-state index contributed by atoms with van der Waals surface area (Å²) in [7, 11) is 0. The second kappa shape index (κ2) is 17.9. The van der Waals surface area contributed by atoms with Gasteiger partial charge >= 0.3 is 21.7 Å². The fourth-order valence-corrected chi connectivity index (χ4v) is 1.94. The van der Waals surface area contributed by atoms with Gasteiger partial charge in [0.15, 0.2) is 0 Å². The van der Waals surface area contributed by atoms with Crippen LogP contribution in [0.25, 0.3) is 10.6 Å². The monoisotopic (exact) mass is 470 g/mol. The number of carboxylic acid groups (broad SMARTS) is 2. The van der Waals surface area contributed by atoms with Crippen LogP contribution in [0.2, 0.25) is 0 Å². The zero-order valence-electron chi connectivity index (χ0n) is 19.8. The van der Waals surface area contributed by atoms with Gasteiger partial charge in [0.1, 0.15) is 11.1 Å². The van der Waals surface area contributed by atoms with Crippen molar-refractivity contribution in [2.75, 3.05) is 26.2 Å². The zero-order valence-corrected chi connectivity index (χ0v) is 21.4. The van der Waals surface area contributed by atoms with E-state index >= 15 is 0 Å². The Labute approximate surface area is 200 Å². The van der Waals surface area contributed by atoms with E-state index in [1.54, 1.807) is 13.8 Å². The van der Waals surface area contributed by atoms with Crippen molar-refractivity contribution in [1.82, 2.24) is 0 Å². The van der Waals surface area contributed by atoms with Crippen molar-refractivity contribution in [3.8, 4) is 0 Å². The largest absolute Gasteiger partial charge is 4.00 e. The van der Waals surface area contributed by atoms with E-state index in [1.165, 1.54) is 26.0 Å². The molecule has 0 aromatic carbocycles. The Kier molecular flexibility index (Phi) is 19.5. The predicted molar refractivity (Wildman–Crippen MR) is 113 cm³/mol. The van der Waals surface area contributed by atoms with Gasteiger partial charge in [-0.1, -0.05) is 27.7 Å². The molecule has 0 spiro atoms. The van der Waals surface area contributed by atoms with Crippen molar-refractivity contribution >= 4 is 11.9 Å². The maximum atomic E-state index is 10.4. The predicted octanol–water partition coefficient (Wildman–Crippen LogP) is 2.53. The average molecular weight is 470 g/mol. The van der Waals surface area contributed by atoms with Gasteiger partial charge < -0.3 is 30.4 Å². The van der Waals surface area contributed by atoms with Gasteiger partial charge in [0.05, 0.1) is 23.3 Å². The molecule has 11 heteroatoms. The number of hydrogen-bond acceptors (Lipinski definition) is 8. The fraction of sp³-hybridized carbons (Fsp3) is 0.700. The van der Waals surface area contributed by atoms with E-state index in [1.807, 2.05) is 27.7 Å². The normalized spacial score (nSPS) is 22.3. The molecule has 2 rings (SSSR count). The van der Waals surface area contributed by atoms with Gasteiger partial charge in [-0.2, -0.15) is 46.6 Å². The zero-order chi connectivity index (χ0) is 23.8. The molecule has 31 heavy (non-hydrogen) atoms. The van der Waals surface area contributed by atoms with Crippen LogP contribution in [0, 0.1) is 0 Å². The Morgan fingerprint density at radius 2 is 1.03 bits per heavy atom. The van der Waals surface area contributed by atoms with Gasteiger partial charge in [-0.15, -0.1) is 0 Å². The van der Waals surface area contributed by atoms with Gasteiger partial charge in [-0.05, 0) is 39.8 Å². The quantitative estimate of drug-likeness (QED) is 0.546. The van der Waals surface area contributed by atoms with Gasteiger partial charge in [0.2, 0.25) is 0 Å². The Morgan fingerprint density at radius 1 is 0.774 bits per heavy atom. The number of nitrogens with zero attached hydrogens (tertiary/aromatic N) is 6. The summed E-state index contributed by atoms with van der Waals surface area (Å²) in [4.78, 5) is 20.7. The fourth-order valence-electron chi connectivity index (χ4n) is 1.94. The van der Waals surface area contributed by atoms with E-state index in [4.69, 9.17) is 0 Å². The van der Waals surface area contributed by atoms with E-state index in [0.717, 1.165) is 26.2 Å². The Hall–Kier alpha value is -1.75. The Bertz CT molecular complexity index is 606. The number of allylic oxidation sites excluding steroid dienone is 2. The summed E-state index contributed by atoms with van der Waals surface area (Å²) in [6.45, 7) is 18.3. The van der Waals surface area contributed by atoms with E-state index in [0.29, 0.717) is 11.4 Å². The van der Waals surface area contributed by atoms with Crippen molar-refractivity contribution < 1.29 is 41.5 Å². The Morgan fingerprint density at radius 3 is 1.10 bits per heavy atom. The molecule has 0 aliphatic carbocycles. The third-order valence-corrected chi connectivity index (χ3v) is 3.53. The maximum absolute atomic E-state index is 10.4. The minimum atomic E-state index is -1.23. The van der Waals surface area contributed by atoms with Gasteiger partial charge in [-0.25, -0.2) is 0 Å². The van der Waals surface area contributed by atoms with Crippen molar-refractivity contribution in [2.24, 2.45) is 20.5 Å². The van der Waals surface area contributed by atoms with Crippen molar-refractivity contribution in [2.45, 2.75) is 66.5 Å². The number of carbonyl (C=O) groups excluding carboxylic acids is 2. The minimum absolute atomic E-state index is 0. The standard InChI is InChI=1S/2C6H8N2O2.2C4H10N.Ti/c2*1-4-3-6(2,5(9)10)8-7-4;2*1-3-5-4-2;/h2*3H,1-2H3,(H,9,10);2*3-4H2,1-2H3;/q;;2*-1;+4/p-2. The molecule has 0 bridgehead atoms. The molecular formula is C20H34N6O4Ti. The molecule has 2 unspecified atom stereocenters.